The molecule has 0 bridgehead atoms. The fraction of sp³-hybridized carbons (Fsp3) is 0.200. The summed E-state index contributed by atoms with van der Waals surface area (Å²) in [6.45, 7) is 2.49. The van der Waals surface area contributed by atoms with Gasteiger partial charge in [-0.2, -0.15) is 5.26 Å². The van der Waals surface area contributed by atoms with E-state index in [0.717, 1.165) is 9.54 Å². The number of nitrogens with zero attached hydrogens (tertiary/aromatic N) is 1. The first-order valence-electron chi connectivity index (χ1n) is 6.07. The van der Waals surface area contributed by atoms with Crippen LogP contribution in [0.3, 0.4) is 0 Å². The molecule has 1 aromatic heterocycles. The van der Waals surface area contributed by atoms with Gasteiger partial charge in [0.1, 0.15) is 11.7 Å². The highest BCUT2D eigenvalue weighted by molar-refractivity contribution is 9.11. The third-order valence-electron chi connectivity index (χ3n) is 2.73. The zero-order chi connectivity index (χ0) is 14.5. The van der Waals surface area contributed by atoms with Crippen LogP contribution in [-0.4, -0.2) is 12.4 Å². The molecule has 0 N–H and O–H groups in total. The van der Waals surface area contributed by atoms with E-state index in [-0.39, 0.29) is 5.78 Å². The Kier molecular flexibility index (Phi) is 4.94. The van der Waals surface area contributed by atoms with E-state index in [1.54, 1.807) is 30.3 Å². The molecule has 2 rings (SSSR count). The van der Waals surface area contributed by atoms with Gasteiger partial charge in [0.15, 0.2) is 5.78 Å². The molecule has 1 atom stereocenters. The Morgan fingerprint density at radius 3 is 2.55 bits per heavy atom. The molecule has 1 aromatic carbocycles. The lowest BCUT2D eigenvalue weighted by Crippen LogP contribution is -2.09. The number of benzene rings is 1. The molecule has 0 aliphatic rings. The van der Waals surface area contributed by atoms with Crippen LogP contribution in [-0.2, 0) is 0 Å². The summed E-state index contributed by atoms with van der Waals surface area (Å²) in [7, 11) is 0. The summed E-state index contributed by atoms with van der Waals surface area (Å²) in [6.07, 6.45) is 0. The molecule has 20 heavy (non-hydrogen) atoms. The van der Waals surface area contributed by atoms with Gasteiger partial charge in [0.2, 0.25) is 0 Å². The summed E-state index contributed by atoms with van der Waals surface area (Å²) < 4.78 is 6.23. The van der Waals surface area contributed by atoms with Gasteiger partial charge < -0.3 is 4.74 Å². The molecule has 5 heteroatoms. The van der Waals surface area contributed by atoms with Crippen molar-refractivity contribution in [2.75, 3.05) is 6.61 Å². The van der Waals surface area contributed by atoms with E-state index < -0.39 is 5.92 Å². The van der Waals surface area contributed by atoms with Gasteiger partial charge in [0.25, 0.3) is 0 Å². The molecule has 0 aliphatic heterocycles. The van der Waals surface area contributed by atoms with Crippen molar-refractivity contribution in [1.29, 1.82) is 5.26 Å². The minimum Gasteiger partial charge on any atom is -0.494 e. The van der Waals surface area contributed by atoms with Crippen LogP contribution in [0.1, 0.15) is 28.1 Å². The van der Waals surface area contributed by atoms with Crippen LogP contribution in [0.5, 0.6) is 5.75 Å². The number of hydrogen-bond donors (Lipinski definition) is 0. The molecular formula is C15H12BrNO2S. The Balaban J connectivity index is 2.24. The first-order chi connectivity index (χ1) is 9.65. The molecule has 3 nitrogen and oxygen atoms in total. The molecule has 102 valence electrons. The molecule has 0 spiro atoms. The largest absolute Gasteiger partial charge is 0.494 e. The minimum absolute atomic E-state index is 0.174. The van der Waals surface area contributed by atoms with Crippen molar-refractivity contribution in [2.45, 2.75) is 12.8 Å². The van der Waals surface area contributed by atoms with Crippen LogP contribution < -0.4 is 4.74 Å². The highest BCUT2D eigenvalue weighted by Gasteiger charge is 2.23. The maximum absolute atomic E-state index is 12.3. The van der Waals surface area contributed by atoms with Crippen LogP contribution >= 0.6 is 27.3 Å². The van der Waals surface area contributed by atoms with E-state index in [2.05, 4.69) is 22.0 Å². The maximum Gasteiger partial charge on any atom is 0.194 e. The van der Waals surface area contributed by atoms with E-state index >= 15 is 0 Å². The quantitative estimate of drug-likeness (QED) is 0.751. The zero-order valence-corrected chi connectivity index (χ0v) is 13.2. The van der Waals surface area contributed by atoms with Gasteiger partial charge in [-0.25, -0.2) is 0 Å². The molecule has 0 fully saturated rings. The Labute approximate surface area is 129 Å². The molecule has 1 heterocycles. The summed E-state index contributed by atoms with van der Waals surface area (Å²) in [5.41, 5.74) is 0.686. The molecular weight excluding hydrogens is 338 g/mol. The highest BCUT2D eigenvalue weighted by atomic mass is 79.9. The highest BCUT2D eigenvalue weighted by Crippen LogP contribution is 2.28. The number of ether oxygens (including phenoxy) is 1. The Hall–Kier alpha value is -1.64. The topological polar surface area (TPSA) is 50.1 Å². The number of ketones is 1. The van der Waals surface area contributed by atoms with E-state index in [4.69, 9.17) is 4.74 Å². The number of nitriles is 1. The molecule has 0 radical (unpaired) electrons. The van der Waals surface area contributed by atoms with Gasteiger partial charge in [-0.3, -0.25) is 4.79 Å². The lowest BCUT2D eigenvalue weighted by molar-refractivity contribution is 0.0982. The fourth-order valence-electron chi connectivity index (χ4n) is 1.80. The number of carbonyl (C=O) groups is 1. The summed E-state index contributed by atoms with van der Waals surface area (Å²) in [6, 6.07) is 12.7. The summed E-state index contributed by atoms with van der Waals surface area (Å²) in [5, 5.41) is 9.28. The Morgan fingerprint density at radius 2 is 2.05 bits per heavy atom. The van der Waals surface area contributed by atoms with Gasteiger partial charge in [0.05, 0.1) is 21.3 Å². The van der Waals surface area contributed by atoms with E-state index in [1.165, 1.54) is 11.3 Å². The minimum atomic E-state index is -0.781. The molecule has 0 amide bonds. The second kappa shape index (κ2) is 6.69. The predicted molar refractivity (Wildman–Crippen MR) is 82.3 cm³/mol. The van der Waals surface area contributed by atoms with Crippen LogP contribution in [0.15, 0.2) is 40.2 Å². The van der Waals surface area contributed by atoms with Gasteiger partial charge >= 0.3 is 0 Å². The first-order valence-corrected chi connectivity index (χ1v) is 7.68. The zero-order valence-electron chi connectivity index (χ0n) is 10.8. The van der Waals surface area contributed by atoms with Crippen molar-refractivity contribution < 1.29 is 9.53 Å². The second-order valence-corrected chi connectivity index (χ2v) is 6.50. The van der Waals surface area contributed by atoms with E-state index in [9.17, 15) is 10.1 Å². The normalized spacial score (nSPS) is 11.7. The van der Waals surface area contributed by atoms with Gasteiger partial charge in [0, 0.05) is 0 Å². The molecule has 0 aliphatic carbocycles. The molecule has 0 saturated carbocycles. The van der Waals surface area contributed by atoms with Crippen molar-refractivity contribution in [3.63, 3.8) is 0 Å². The monoisotopic (exact) mass is 349 g/mol. The van der Waals surface area contributed by atoms with Crippen LogP contribution in [0.2, 0.25) is 0 Å². The van der Waals surface area contributed by atoms with Gasteiger partial charge in [-0.15, -0.1) is 11.3 Å². The molecule has 0 saturated heterocycles. The van der Waals surface area contributed by atoms with Crippen molar-refractivity contribution >= 4 is 33.0 Å². The number of carbonyl (C=O) groups excluding carboxylic acids is 1. The number of rotatable bonds is 5. The van der Waals surface area contributed by atoms with Gasteiger partial charge in [-0.05, 0) is 52.7 Å². The Morgan fingerprint density at radius 1 is 1.35 bits per heavy atom. The summed E-state index contributed by atoms with van der Waals surface area (Å²) in [5.74, 6) is -0.220. The third-order valence-corrected chi connectivity index (χ3v) is 4.37. The average Bonchev–Trinajstić information content (AvgIpc) is 2.88. The summed E-state index contributed by atoms with van der Waals surface area (Å²) in [4.78, 5) is 12.9. The number of hydrogen-bond acceptors (Lipinski definition) is 4. The SMILES string of the molecule is CCOc1ccc(C(C#N)C(=O)c2ccc(Br)s2)cc1. The number of Topliss-reactive ketones (excluding diaryl/α,β-unsaturated/α-hetero) is 1. The van der Waals surface area contributed by atoms with E-state index in [1.807, 2.05) is 13.0 Å². The third kappa shape index (κ3) is 3.27. The fourth-order valence-corrected chi connectivity index (χ4v) is 3.15. The van der Waals surface area contributed by atoms with Crippen molar-refractivity contribution in [1.82, 2.24) is 0 Å². The van der Waals surface area contributed by atoms with Crippen LogP contribution in [0, 0.1) is 11.3 Å². The Bertz CT molecular complexity index is 643. The molecule has 2 aromatic rings. The summed E-state index contributed by atoms with van der Waals surface area (Å²) >= 11 is 4.66. The lowest BCUT2D eigenvalue weighted by Gasteiger charge is -2.08. The second-order valence-electron chi connectivity index (χ2n) is 4.03. The maximum atomic E-state index is 12.3. The molecule has 1 unspecified atom stereocenters. The standard InChI is InChI=1S/C15H12BrNO2S/c1-2-19-11-5-3-10(4-6-11)12(9-17)15(18)13-7-8-14(16)20-13/h3-8,12H,2H2,1H3. The van der Waals surface area contributed by atoms with Crippen LogP contribution in [0.25, 0.3) is 0 Å². The van der Waals surface area contributed by atoms with Crippen molar-refractivity contribution in [2.24, 2.45) is 0 Å². The smallest absolute Gasteiger partial charge is 0.194 e. The number of thiophene rings is 1. The lowest BCUT2D eigenvalue weighted by atomic mass is 9.95. The van der Waals surface area contributed by atoms with Crippen molar-refractivity contribution in [3.8, 4) is 11.8 Å². The van der Waals surface area contributed by atoms with Gasteiger partial charge in [-0.1, -0.05) is 12.1 Å². The van der Waals surface area contributed by atoms with Crippen LogP contribution in [0.4, 0.5) is 0 Å². The first kappa shape index (κ1) is 14.8. The average molecular weight is 350 g/mol. The predicted octanol–water partition coefficient (Wildman–Crippen LogP) is 4.40. The van der Waals surface area contributed by atoms with E-state index in [0.29, 0.717) is 17.0 Å². The van der Waals surface area contributed by atoms with Crippen molar-refractivity contribution in [3.05, 3.63) is 50.6 Å². The number of halogens is 1.